The Kier molecular flexibility index (Phi) is 449. The SMILES string of the molecule is [BH4-].[C-]#N.[Na+]. The van der Waals surface area contributed by atoms with Crippen LogP contribution in [0.4, 0.5) is 0 Å². The Bertz CT molecular complexity index is 12.8. The molecular formula is CH4BNNa-. The van der Waals surface area contributed by atoms with Gasteiger partial charge in [-0.05, 0) is 0 Å². The maximum Gasteiger partial charge on any atom is 1.00 e. The third kappa shape index (κ3) is 20.1. The predicted octanol–water partition coefficient (Wildman–Crippen LogP) is -4.35. The molecule has 0 bridgehead atoms. The summed E-state index contributed by atoms with van der Waals surface area (Å²) in [7, 11) is 0. The second kappa shape index (κ2) is 75.4. The summed E-state index contributed by atoms with van der Waals surface area (Å²) in [5.74, 6) is 0. The van der Waals surface area contributed by atoms with Crippen molar-refractivity contribution >= 4 is 8.41 Å². The Balaban J connectivity index is -0.00000000500. The van der Waals surface area contributed by atoms with Crippen molar-refractivity contribution in [1.82, 2.24) is 0 Å². The fraction of sp³-hybridized carbons (Fsp3) is 0. The molecule has 0 aliphatic heterocycles. The summed E-state index contributed by atoms with van der Waals surface area (Å²) in [4.78, 5) is 0. The Labute approximate surface area is 49.9 Å². The molecule has 0 rings (SSSR count). The first-order valence-electron chi connectivity index (χ1n) is 0.224. The zero-order valence-electron chi connectivity index (χ0n) is 1.95. The van der Waals surface area contributed by atoms with Gasteiger partial charge in [-0.3, -0.25) is 0 Å². The molecule has 0 aromatic rings. The Morgan fingerprint density at radius 2 is 1.25 bits per heavy atom. The van der Waals surface area contributed by atoms with Gasteiger partial charge in [0.15, 0.2) is 0 Å². The molecule has 0 amide bonds. The van der Waals surface area contributed by atoms with E-state index in [0.29, 0.717) is 0 Å². The molecule has 0 heterocycles. The first-order valence-corrected chi connectivity index (χ1v) is 0.224. The van der Waals surface area contributed by atoms with Crippen molar-refractivity contribution in [3.8, 4) is 0 Å². The molecule has 0 unspecified atom stereocenters. The van der Waals surface area contributed by atoms with E-state index >= 15 is 0 Å². The second-order valence-electron chi connectivity index (χ2n) is 0. The summed E-state index contributed by atoms with van der Waals surface area (Å²) in [5, 5.41) is 6.25. The zero-order valence-corrected chi connectivity index (χ0v) is 3.95. The van der Waals surface area contributed by atoms with Gasteiger partial charge in [-0.25, -0.2) is 0 Å². The number of hydrogen-bond donors (Lipinski definition) is 0. The third-order valence-electron chi connectivity index (χ3n) is 0. The summed E-state index contributed by atoms with van der Waals surface area (Å²) in [6.07, 6.45) is 0. The molecule has 0 atom stereocenters. The van der Waals surface area contributed by atoms with Crippen molar-refractivity contribution < 1.29 is 29.6 Å². The maximum atomic E-state index is 6.25. The minimum atomic E-state index is 0. The maximum absolute atomic E-state index is 6.25. The van der Waals surface area contributed by atoms with Crippen molar-refractivity contribution in [3.05, 3.63) is 6.57 Å². The largest absolute Gasteiger partial charge is 1.00 e. The van der Waals surface area contributed by atoms with Crippen LogP contribution in [0.25, 0.3) is 0 Å². The molecule has 4 heavy (non-hydrogen) atoms. The minimum Gasteiger partial charge on any atom is -0.512 e. The van der Waals surface area contributed by atoms with Crippen LogP contribution in [0.2, 0.25) is 0 Å². The summed E-state index contributed by atoms with van der Waals surface area (Å²) < 4.78 is 0. The van der Waals surface area contributed by atoms with Gasteiger partial charge in [-0.2, -0.15) is 0 Å². The normalized spacial score (nSPS) is 0.500. The van der Waals surface area contributed by atoms with Crippen LogP contribution < -0.4 is 29.6 Å². The molecule has 0 aliphatic rings. The molecule has 1 nitrogen and oxygen atoms in total. The third-order valence-corrected chi connectivity index (χ3v) is 0. The molecule has 0 spiro atoms. The molecule has 0 N–H and O–H groups in total. The van der Waals surface area contributed by atoms with E-state index in [1.807, 2.05) is 0 Å². The van der Waals surface area contributed by atoms with Crippen LogP contribution in [0.5, 0.6) is 0 Å². The van der Waals surface area contributed by atoms with Gasteiger partial charge in [0.1, 0.15) is 0 Å². The summed E-state index contributed by atoms with van der Waals surface area (Å²) in [6.45, 7) is 4.75. The van der Waals surface area contributed by atoms with E-state index in [1.165, 1.54) is 0 Å². The van der Waals surface area contributed by atoms with Crippen LogP contribution >= 0.6 is 0 Å². The molecule has 0 fully saturated rings. The monoisotopic (exact) mass is 64.0 g/mol. The quantitative estimate of drug-likeness (QED) is 0.206. The van der Waals surface area contributed by atoms with Crippen LogP contribution in [0.3, 0.4) is 0 Å². The Hall–Kier alpha value is 0.555. The number of nitrogens with zero attached hydrogens (tertiary/aromatic N) is 1. The summed E-state index contributed by atoms with van der Waals surface area (Å²) in [6, 6.07) is 0. The van der Waals surface area contributed by atoms with E-state index in [1.54, 1.807) is 0 Å². The molecule has 18 valence electrons. The van der Waals surface area contributed by atoms with Crippen LogP contribution in [0, 0.1) is 11.8 Å². The molecular weight excluding hydrogens is 59.8 g/mol. The Morgan fingerprint density at radius 1 is 1.25 bits per heavy atom. The average molecular weight is 63.9 g/mol. The molecule has 0 aromatic heterocycles. The van der Waals surface area contributed by atoms with Gasteiger partial charge >= 0.3 is 29.6 Å². The topological polar surface area (TPSA) is 23.8 Å². The van der Waals surface area contributed by atoms with Crippen molar-refractivity contribution in [3.63, 3.8) is 0 Å². The van der Waals surface area contributed by atoms with E-state index in [9.17, 15) is 0 Å². The van der Waals surface area contributed by atoms with Gasteiger partial charge < -0.3 is 11.8 Å². The van der Waals surface area contributed by atoms with Gasteiger partial charge in [0.05, 0.1) is 0 Å². The second-order valence-corrected chi connectivity index (χ2v) is 0. The number of rotatable bonds is 0. The fourth-order valence-electron chi connectivity index (χ4n) is 0. The van der Waals surface area contributed by atoms with Crippen molar-refractivity contribution in [2.45, 2.75) is 0 Å². The van der Waals surface area contributed by atoms with Crippen molar-refractivity contribution in [1.29, 1.82) is 5.26 Å². The molecule has 0 aromatic carbocycles. The van der Waals surface area contributed by atoms with Gasteiger partial charge in [0.25, 0.3) is 0 Å². The molecule has 0 saturated heterocycles. The smallest absolute Gasteiger partial charge is 0.512 e. The van der Waals surface area contributed by atoms with E-state index in [-0.39, 0.29) is 38.0 Å². The zero-order chi connectivity index (χ0) is 2.00. The first kappa shape index (κ1) is 23.8. The Morgan fingerprint density at radius 3 is 1.25 bits per heavy atom. The molecule has 3 heteroatoms. The summed E-state index contributed by atoms with van der Waals surface area (Å²) in [5.41, 5.74) is 0. The molecule has 0 saturated carbocycles. The minimum absolute atomic E-state index is 0. The fourth-order valence-corrected chi connectivity index (χ4v) is 0. The van der Waals surface area contributed by atoms with Gasteiger partial charge in [0.2, 0.25) is 0 Å². The van der Waals surface area contributed by atoms with Gasteiger partial charge in [-0.1, -0.05) is 8.41 Å². The van der Waals surface area contributed by atoms with E-state index in [4.69, 9.17) is 11.8 Å². The summed E-state index contributed by atoms with van der Waals surface area (Å²) >= 11 is 0. The molecule has 0 radical (unpaired) electrons. The van der Waals surface area contributed by atoms with E-state index in [2.05, 4.69) is 0 Å². The van der Waals surface area contributed by atoms with Gasteiger partial charge in [-0.15, -0.1) is 0 Å². The average Bonchev–Trinajstić information content (AvgIpc) is 1.00. The first-order chi connectivity index (χ1) is 1.00. The van der Waals surface area contributed by atoms with Crippen LogP contribution in [-0.4, -0.2) is 8.41 Å². The molecule has 0 aliphatic carbocycles. The standard InChI is InChI=1S/CN.BH4.Na/c1-2;;/h;1H4;/q2*-1;+1. The van der Waals surface area contributed by atoms with E-state index < -0.39 is 0 Å². The van der Waals surface area contributed by atoms with Crippen LogP contribution in [-0.2, 0) is 0 Å². The van der Waals surface area contributed by atoms with Crippen LogP contribution in [0.1, 0.15) is 0 Å². The van der Waals surface area contributed by atoms with Gasteiger partial charge in [0, 0.05) is 0 Å². The van der Waals surface area contributed by atoms with Crippen molar-refractivity contribution in [2.75, 3.05) is 0 Å². The van der Waals surface area contributed by atoms with Crippen LogP contribution in [0.15, 0.2) is 0 Å². The number of hydrogen-bond acceptors (Lipinski definition) is 1. The van der Waals surface area contributed by atoms with E-state index in [0.717, 1.165) is 0 Å². The van der Waals surface area contributed by atoms with Crippen molar-refractivity contribution in [2.24, 2.45) is 0 Å². The predicted molar refractivity (Wildman–Crippen MR) is 16.3 cm³/mol.